The van der Waals surface area contributed by atoms with Gasteiger partial charge in [0.1, 0.15) is 12.0 Å². The van der Waals surface area contributed by atoms with Crippen molar-refractivity contribution in [3.05, 3.63) is 28.8 Å². The number of hydrogen-bond donors (Lipinski definition) is 3. The molecule has 1 aromatic heterocycles. The topological polar surface area (TPSA) is 133 Å². The van der Waals surface area contributed by atoms with Gasteiger partial charge >= 0.3 is 0 Å². The lowest BCUT2D eigenvalue weighted by Gasteiger charge is -2.32. The SMILES string of the molecule is CCC(=O)N[C@@H](Cc1nc2ccc(C(C)C)cc2s1)C(=O)N[C@H](CNC(=O)C(C)C#N)C1CCOCC1. The summed E-state index contributed by atoms with van der Waals surface area (Å²) in [5, 5.41) is 18.5. The molecule has 10 heteroatoms. The van der Waals surface area contributed by atoms with Crippen LogP contribution in [0.2, 0.25) is 0 Å². The Morgan fingerprint density at radius 1 is 1.16 bits per heavy atom. The van der Waals surface area contributed by atoms with Crippen LogP contribution < -0.4 is 16.0 Å². The van der Waals surface area contributed by atoms with Gasteiger partial charge in [-0.1, -0.05) is 26.8 Å². The van der Waals surface area contributed by atoms with Gasteiger partial charge in [0.05, 0.1) is 21.3 Å². The fraction of sp³-hybridized carbons (Fsp3) is 0.593. The summed E-state index contributed by atoms with van der Waals surface area (Å²) in [5.41, 5.74) is 2.10. The number of rotatable bonds is 11. The van der Waals surface area contributed by atoms with Crippen molar-refractivity contribution in [2.45, 2.75) is 71.4 Å². The molecule has 2 heterocycles. The molecular weight excluding hydrogens is 490 g/mol. The van der Waals surface area contributed by atoms with Gasteiger partial charge in [-0.25, -0.2) is 4.98 Å². The van der Waals surface area contributed by atoms with Gasteiger partial charge in [-0.05, 0) is 49.3 Å². The molecule has 3 N–H and O–H groups in total. The van der Waals surface area contributed by atoms with Crippen LogP contribution in [0.3, 0.4) is 0 Å². The van der Waals surface area contributed by atoms with Crippen LogP contribution in [-0.2, 0) is 25.5 Å². The van der Waals surface area contributed by atoms with Crippen LogP contribution in [-0.4, -0.2) is 54.5 Å². The molecule has 9 nitrogen and oxygen atoms in total. The summed E-state index contributed by atoms with van der Waals surface area (Å²) in [6, 6.07) is 6.98. The number of thiazole rings is 1. The maximum Gasteiger partial charge on any atom is 0.243 e. The van der Waals surface area contributed by atoms with E-state index in [4.69, 9.17) is 15.0 Å². The number of aromatic nitrogens is 1. The zero-order valence-electron chi connectivity index (χ0n) is 22.0. The highest BCUT2D eigenvalue weighted by Gasteiger charge is 2.30. The Morgan fingerprint density at radius 3 is 2.54 bits per heavy atom. The second kappa shape index (κ2) is 13.5. The van der Waals surface area contributed by atoms with Crippen LogP contribution in [0.25, 0.3) is 10.2 Å². The van der Waals surface area contributed by atoms with Crippen molar-refractivity contribution < 1.29 is 19.1 Å². The summed E-state index contributed by atoms with van der Waals surface area (Å²) in [4.78, 5) is 42.7. The number of nitrogens with one attached hydrogen (secondary N) is 3. The highest BCUT2D eigenvalue weighted by molar-refractivity contribution is 7.18. The lowest BCUT2D eigenvalue weighted by molar-refractivity contribution is -0.130. The number of amides is 3. The molecule has 1 aliphatic heterocycles. The van der Waals surface area contributed by atoms with Gasteiger partial charge in [0.2, 0.25) is 17.7 Å². The van der Waals surface area contributed by atoms with E-state index in [9.17, 15) is 14.4 Å². The quantitative estimate of drug-likeness (QED) is 0.411. The molecule has 0 radical (unpaired) electrons. The fourth-order valence-corrected chi connectivity index (χ4v) is 5.34. The van der Waals surface area contributed by atoms with Gasteiger partial charge in [-0.15, -0.1) is 11.3 Å². The third-order valence-electron chi connectivity index (χ3n) is 6.72. The van der Waals surface area contributed by atoms with Crippen molar-refractivity contribution >= 4 is 39.3 Å². The molecule has 1 fully saturated rings. The van der Waals surface area contributed by atoms with Crippen LogP contribution in [0.15, 0.2) is 18.2 Å². The highest BCUT2D eigenvalue weighted by Crippen LogP contribution is 2.27. The molecule has 0 aliphatic carbocycles. The molecular formula is C27H37N5O4S. The summed E-state index contributed by atoms with van der Waals surface area (Å²) >= 11 is 1.53. The largest absolute Gasteiger partial charge is 0.381 e. The van der Waals surface area contributed by atoms with Crippen molar-refractivity contribution in [1.82, 2.24) is 20.9 Å². The molecule has 1 unspecified atom stereocenters. The van der Waals surface area contributed by atoms with Gasteiger partial charge < -0.3 is 20.7 Å². The smallest absolute Gasteiger partial charge is 0.243 e. The maximum atomic E-state index is 13.5. The Kier molecular flexibility index (Phi) is 10.4. The number of carbonyl (C=O) groups excluding carboxylic acids is 3. The van der Waals surface area contributed by atoms with E-state index in [0.717, 1.165) is 28.1 Å². The molecule has 0 saturated carbocycles. The first-order chi connectivity index (χ1) is 17.7. The molecule has 3 amide bonds. The molecule has 2 aromatic rings. The molecule has 37 heavy (non-hydrogen) atoms. The third kappa shape index (κ3) is 7.98. The van der Waals surface area contributed by atoms with Crippen molar-refractivity contribution in [1.29, 1.82) is 5.26 Å². The van der Waals surface area contributed by atoms with E-state index in [1.54, 1.807) is 6.92 Å². The Morgan fingerprint density at radius 2 is 1.89 bits per heavy atom. The van der Waals surface area contributed by atoms with Crippen molar-refractivity contribution in [2.24, 2.45) is 11.8 Å². The van der Waals surface area contributed by atoms with E-state index in [-0.39, 0.29) is 49.1 Å². The Balaban J connectivity index is 1.78. The number of hydrogen-bond acceptors (Lipinski definition) is 7. The number of benzene rings is 1. The first-order valence-electron chi connectivity index (χ1n) is 13.0. The number of ether oxygens (including phenoxy) is 1. The van der Waals surface area contributed by atoms with E-state index < -0.39 is 12.0 Å². The Bertz CT molecular complexity index is 1140. The van der Waals surface area contributed by atoms with Crippen LogP contribution >= 0.6 is 11.3 Å². The zero-order valence-corrected chi connectivity index (χ0v) is 22.8. The minimum Gasteiger partial charge on any atom is -0.381 e. The predicted molar refractivity (Wildman–Crippen MR) is 143 cm³/mol. The summed E-state index contributed by atoms with van der Waals surface area (Å²) in [7, 11) is 0. The third-order valence-corrected chi connectivity index (χ3v) is 7.76. The molecule has 1 saturated heterocycles. The van der Waals surface area contributed by atoms with E-state index >= 15 is 0 Å². The first kappa shape index (κ1) is 28.5. The Labute approximate surface area is 222 Å². The second-order valence-corrected chi connectivity index (χ2v) is 10.9. The molecule has 200 valence electrons. The average Bonchev–Trinajstić information content (AvgIpc) is 3.31. The van der Waals surface area contributed by atoms with Gasteiger partial charge in [-0.2, -0.15) is 5.26 Å². The predicted octanol–water partition coefficient (Wildman–Crippen LogP) is 3.04. The van der Waals surface area contributed by atoms with Gasteiger partial charge in [0.25, 0.3) is 0 Å². The standard InChI is InChI=1S/C27H37N5O4S/c1-5-24(33)30-21(13-25-31-20-7-6-19(16(2)3)12-23(20)37-25)27(35)32-22(18-8-10-36-11-9-18)15-29-26(34)17(4)14-28/h6-7,12,16-18,21-22H,5,8-11,13,15H2,1-4H3,(H,29,34)(H,30,33)(H,32,35)/t17?,21-,22+/m0/s1. The van der Waals surface area contributed by atoms with E-state index in [1.807, 2.05) is 12.1 Å². The van der Waals surface area contributed by atoms with Crippen molar-refractivity contribution in [3.63, 3.8) is 0 Å². The van der Waals surface area contributed by atoms with Gasteiger partial charge in [0, 0.05) is 38.6 Å². The minimum atomic E-state index is -0.798. The maximum absolute atomic E-state index is 13.5. The number of nitriles is 1. The number of fused-ring (bicyclic) bond motifs is 1. The molecule has 3 rings (SSSR count). The molecule has 3 atom stereocenters. The molecule has 0 bridgehead atoms. The lowest BCUT2D eigenvalue weighted by atomic mass is 9.91. The summed E-state index contributed by atoms with van der Waals surface area (Å²) in [5.74, 6) is -1.19. The number of carbonyl (C=O) groups is 3. The van der Waals surface area contributed by atoms with Crippen LogP contribution in [0.1, 0.15) is 63.4 Å². The van der Waals surface area contributed by atoms with Crippen LogP contribution in [0.4, 0.5) is 0 Å². The molecule has 1 aliphatic rings. The highest BCUT2D eigenvalue weighted by atomic mass is 32.1. The minimum absolute atomic E-state index is 0.106. The van der Waals surface area contributed by atoms with E-state index in [1.165, 1.54) is 23.8 Å². The average molecular weight is 528 g/mol. The van der Waals surface area contributed by atoms with Crippen LogP contribution in [0.5, 0.6) is 0 Å². The van der Waals surface area contributed by atoms with Crippen molar-refractivity contribution in [2.75, 3.05) is 19.8 Å². The summed E-state index contributed by atoms with van der Waals surface area (Å²) in [6.45, 7) is 8.93. The second-order valence-electron chi connectivity index (χ2n) is 9.83. The van der Waals surface area contributed by atoms with E-state index in [0.29, 0.717) is 19.1 Å². The Hall–Kier alpha value is -3.03. The van der Waals surface area contributed by atoms with Gasteiger partial charge in [0.15, 0.2) is 0 Å². The molecule has 1 aromatic carbocycles. The fourth-order valence-electron chi connectivity index (χ4n) is 4.27. The molecule has 0 spiro atoms. The van der Waals surface area contributed by atoms with E-state index in [2.05, 4.69) is 41.9 Å². The van der Waals surface area contributed by atoms with Crippen LogP contribution in [0, 0.1) is 23.2 Å². The van der Waals surface area contributed by atoms with Crippen molar-refractivity contribution in [3.8, 4) is 6.07 Å². The lowest BCUT2D eigenvalue weighted by Crippen LogP contribution is -2.55. The summed E-state index contributed by atoms with van der Waals surface area (Å²) < 4.78 is 6.53. The first-order valence-corrected chi connectivity index (χ1v) is 13.8. The number of nitrogens with zero attached hydrogens (tertiary/aromatic N) is 2. The summed E-state index contributed by atoms with van der Waals surface area (Å²) in [6.07, 6.45) is 2.02. The zero-order chi connectivity index (χ0) is 26.9. The van der Waals surface area contributed by atoms with Gasteiger partial charge in [-0.3, -0.25) is 14.4 Å². The normalized spacial score (nSPS) is 16.5. The monoisotopic (exact) mass is 527 g/mol.